The third-order valence-corrected chi connectivity index (χ3v) is 5.84. The van der Waals surface area contributed by atoms with Gasteiger partial charge in [-0.15, -0.1) is 0 Å². The van der Waals surface area contributed by atoms with Crippen LogP contribution in [0.2, 0.25) is 0 Å². The summed E-state index contributed by atoms with van der Waals surface area (Å²) in [5, 5.41) is 6.32. The molecular formula is C25H32F3N3O3. The topological polar surface area (TPSA) is 62.8 Å². The molecule has 186 valence electrons. The zero-order chi connectivity index (χ0) is 24.9. The lowest BCUT2D eigenvalue weighted by atomic mass is 10.1. The van der Waals surface area contributed by atoms with E-state index < -0.39 is 11.7 Å². The van der Waals surface area contributed by atoms with Crippen molar-refractivity contribution in [3.05, 3.63) is 59.2 Å². The molecule has 1 heterocycles. The highest BCUT2D eigenvalue weighted by Gasteiger charge is 2.37. The number of nitrogens with zero attached hydrogens (tertiary/aromatic N) is 1. The van der Waals surface area contributed by atoms with E-state index in [1.54, 1.807) is 20.3 Å². The standard InChI is InChI=1S/C25H32F3N3O3/c1-16(2)30-24(32)21-12-20(29-13-17-7-5-9-19(11-17)25(26,27)28)15-31(21)14-18-8-6-10-22(33-3)23(18)34-4/h5-11,16,20-21,29H,12-15H2,1-4H3,(H,30,32)/t20-,21-/m0/s1. The molecule has 1 aliphatic rings. The number of benzene rings is 2. The van der Waals surface area contributed by atoms with Crippen LogP contribution in [0.15, 0.2) is 42.5 Å². The molecule has 0 aliphatic carbocycles. The van der Waals surface area contributed by atoms with Gasteiger partial charge in [0.2, 0.25) is 5.91 Å². The molecule has 1 amide bonds. The van der Waals surface area contributed by atoms with Crippen molar-refractivity contribution in [3.8, 4) is 11.5 Å². The van der Waals surface area contributed by atoms with Crippen LogP contribution in [-0.2, 0) is 24.1 Å². The quantitative estimate of drug-likeness (QED) is 0.570. The SMILES string of the molecule is COc1cccc(CN2C[C@@H](NCc3cccc(C(F)(F)F)c3)C[C@H]2C(=O)NC(C)C)c1OC. The van der Waals surface area contributed by atoms with Gasteiger partial charge in [-0.3, -0.25) is 9.69 Å². The molecule has 2 N–H and O–H groups in total. The van der Waals surface area contributed by atoms with E-state index in [0.29, 0.717) is 36.6 Å². The van der Waals surface area contributed by atoms with Gasteiger partial charge in [-0.2, -0.15) is 13.2 Å². The highest BCUT2D eigenvalue weighted by molar-refractivity contribution is 5.82. The zero-order valence-electron chi connectivity index (χ0n) is 19.9. The van der Waals surface area contributed by atoms with Gasteiger partial charge < -0.3 is 20.1 Å². The van der Waals surface area contributed by atoms with E-state index in [1.807, 2.05) is 32.0 Å². The number of ether oxygens (including phenoxy) is 2. The average molecular weight is 480 g/mol. The van der Waals surface area contributed by atoms with Gasteiger partial charge in [0.15, 0.2) is 11.5 Å². The van der Waals surface area contributed by atoms with E-state index in [2.05, 4.69) is 15.5 Å². The lowest BCUT2D eigenvalue weighted by Gasteiger charge is -2.25. The summed E-state index contributed by atoms with van der Waals surface area (Å²) in [6.07, 6.45) is -3.83. The Labute approximate surface area is 198 Å². The van der Waals surface area contributed by atoms with Crippen LogP contribution >= 0.6 is 0 Å². The molecule has 0 bridgehead atoms. The van der Waals surface area contributed by atoms with Crippen molar-refractivity contribution in [2.24, 2.45) is 0 Å². The number of amides is 1. The Kier molecular flexibility index (Phi) is 8.43. The molecule has 2 atom stereocenters. The van der Waals surface area contributed by atoms with Crippen LogP contribution in [0.1, 0.15) is 37.0 Å². The molecule has 2 aromatic carbocycles. The van der Waals surface area contributed by atoms with Crippen LogP contribution in [0, 0.1) is 0 Å². The average Bonchev–Trinajstić information content (AvgIpc) is 3.19. The summed E-state index contributed by atoms with van der Waals surface area (Å²) < 4.78 is 50.1. The molecule has 1 saturated heterocycles. The summed E-state index contributed by atoms with van der Waals surface area (Å²) in [5.74, 6) is 1.16. The second-order valence-corrected chi connectivity index (χ2v) is 8.77. The summed E-state index contributed by atoms with van der Waals surface area (Å²) in [6, 6.07) is 10.5. The number of carbonyl (C=O) groups is 1. The summed E-state index contributed by atoms with van der Waals surface area (Å²) in [6.45, 7) is 5.13. The largest absolute Gasteiger partial charge is 0.493 e. The fraction of sp³-hybridized carbons (Fsp3) is 0.480. The first-order chi connectivity index (χ1) is 16.1. The summed E-state index contributed by atoms with van der Waals surface area (Å²) in [7, 11) is 3.15. The zero-order valence-corrected chi connectivity index (χ0v) is 19.9. The predicted octanol–water partition coefficient (Wildman–Crippen LogP) is 3.98. The Morgan fingerprint density at radius 2 is 1.88 bits per heavy atom. The minimum absolute atomic E-state index is 0.00202. The lowest BCUT2D eigenvalue weighted by molar-refractivity contribution is -0.137. The van der Waals surface area contributed by atoms with Gasteiger partial charge in [-0.25, -0.2) is 0 Å². The van der Waals surface area contributed by atoms with E-state index in [-0.39, 0.29) is 30.6 Å². The molecule has 3 rings (SSSR count). The lowest BCUT2D eigenvalue weighted by Crippen LogP contribution is -2.45. The number of rotatable bonds is 9. The molecule has 0 saturated carbocycles. The van der Waals surface area contributed by atoms with Crippen molar-refractivity contribution in [1.29, 1.82) is 0 Å². The van der Waals surface area contributed by atoms with Gasteiger partial charge in [-0.1, -0.05) is 30.3 Å². The fourth-order valence-electron chi connectivity index (χ4n) is 4.30. The smallest absolute Gasteiger partial charge is 0.416 e. The number of nitrogens with one attached hydrogen (secondary N) is 2. The number of para-hydroxylation sites is 1. The summed E-state index contributed by atoms with van der Waals surface area (Å²) in [5.41, 5.74) is 0.771. The molecule has 0 aromatic heterocycles. The van der Waals surface area contributed by atoms with Crippen LogP contribution in [-0.4, -0.2) is 49.7 Å². The molecule has 6 nitrogen and oxygen atoms in total. The summed E-state index contributed by atoms with van der Waals surface area (Å²) >= 11 is 0. The first-order valence-corrected chi connectivity index (χ1v) is 11.3. The van der Waals surface area contributed by atoms with Gasteiger partial charge in [0.1, 0.15) is 0 Å². The number of hydrogen-bond donors (Lipinski definition) is 2. The Bertz CT molecular complexity index is 981. The minimum Gasteiger partial charge on any atom is -0.493 e. The molecule has 34 heavy (non-hydrogen) atoms. The van der Waals surface area contributed by atoms with Crippen molar-refractivity contribution in [1.82, 2.24) is 15.5 Å². The molecule has 1 fully saturated rings. The van der Waals surface area contributed by atoms with Crippen molar-refractivity contribution >= 4 is 5.91 Å². The Morgan fingerprint density at radius 1 is 1.15 bits per heavy atom. The first kappa shape index (κ1) is 25.8. The van der Waals surface area contributed by atoms with Gasteiger partial charge in [0.05, 0.1) is 25.8 Å². The van der Waals surface area contributed by atoms with Crippen LogP contribution in [0.4, 0.5) is 13.2 Å². The van der Waals surface area contributed by atoms with Gasteiger partial charge in [0, 0.05) is 37.3 Å². The van der Waals surface area contributed by atoms with E-state index in [9.17, 15) is 18.0 Å². The number of alkyl halides is 3. The molecule has 2 aromatic rings. The summed E-state index contributed by atoms with van der Waals surface area (Å²) in [4.78, 5) is 15.0. The number of hydrogen-bond acceptors (Lipinski definition) is 5. The van der Waals surface area contributed by atoms with Crippen molar-refractivity contribution in [2.75, 3.05) is 20.8 Å². The van der Waals surface area contributed by atoms with Crippen LogP contribution in [0.25, 0.3) is 0 Å². The second-order valence-electron chi connectivity index (χ2n) is 8.77. The van der Waals surface area contributed by atoms with Crippen molar-refractivity contribution in [2.45, 2.75) is 57.7 Å². The maximum Gasteiger partial charge on any atom is 0.416 e. The highest BCUT2D eigenvalue weighted by Crippen LogP contribution is 2.33. The van der Waals surface area contributed by atoms with Crippen LogP contribution in [0.3, 0.4) is 0 Å². The van der Waals surface area contributed by atoms with Crippen LogP contribution in [0.5, 0.6) is 11.5 Å². The van der Waals surface area contributed by atoms with E-state index in [0.717, 1.165) is 17.7 Å². The van der Waals surface area contributed by atoms with Crippen molar-refractivity contribution < 1.29 is 27.4 Å². The molecule has 0 spiro atoms. The first-order valence-electron chi connectivity index (χ1n) is 11.3. The fourth-order valence-corrected chi connectivity index (χ4v) is 4.30. The Hall–Kier alpha value is -2.78. The van der Waals surface area contributed by atoms with E-state index in [4.69, 9.17) is 9.47 Å². The second kappa shape index (κ2) is 11.1. The van der Waals surface area contributed by atoms with Crippen LogP contribution < -0.4 is 20.1 Å². The maximum absolute atomic E-state index is 13.0. The van der Waals surface area contributed by atoms with E-state index in [1.165, 1.54) is 6.07 Å². The molecule has 0 radical (unpaired) electrons. The van der Waals surface area contributed by atoms with Gasteiger partial charge in [-0.05, 0) is 38.0 Å². The van der Waals surface area contributed by atoms with E-state index >= 15 is 0 Å². The molecule has 0 unspecified atom stereocenters. The number of halogens is 3. The Balaban J connectivity index is 1.75. The molecule has 9 heteroatoms. The minimum atomic E-state index is -4.38. The third-order valence-electron chi connectivity index (χ3n) is 5.84. The number of carbonyl (C=O) groups excluding carboxylic acids is 1. The number of likely N-dealkylation sites (tertiary alicyclic amines) is 1. The maximum atomic E-state index is 13.0. The van der Waals surface area contributed by atoms with Crippen molar-refractivity contribution in [3.63, 3.8) is 0 Å². The Morgan fingerprint density at radius 3 is 2.53 bits per heavy atom. The van der Waals surface area contributed by atoms with Gasteiger partial charge in [0.25, 0.3) is 0 Å². The highest BCUT2D eigenvalue weighted by atomic mass is 19.4. The molecular weight excluding hydrogens is 447 g/mol. The molecule has 1 aliphatic heterocycles. The predicted molar refractivity (Wildman–Crippen MR) is 124 cm³/mol. The van der Waals surface area contributed by atoms with Gasteiger partial charge >= 0.3 is 6.18 Å². The monoisotopic (exact) mass is 479 g/mol. The number of methoxy groups -OCH3 is 2. The third kappa shape index (κ3) is 6.42. The normalized spacial score (nSPS) is 18.8.